The molecule has 0 aliphatic carbocycles. The largest absolute Gasteiger partial charge is 0.319 e. The molecule has 0 unspecified atom stereocenters. The highest BCUT2D eigenvalue weighted by Crippen LogP contribution is 2.17. The molecule has 4 nitrogen and oxygen atoms in total. The van der Waals surface area contributed by atoms with Gasteiger partial charge < -0.3 is 4.98 Å². The zero-order valence-corrected chi connectivity index (χ0v) is 8.99. The first-order chi connectivity index (χ1) is 8.11. The van der Waals surface area contributed by atoms with Crippen LogP contribution in [-0.2, 0) is 0 Å². The van der Waals surface area contributed by atoms with Crippen molar-refractivity contribution in [1.29, 1.82) is 5.26 Å². The first-order valence-corrected chi connectivity index (χ1v) is 4.88. The van der Waals surface area contributed by atoms with Crippen molar-refractivity contribution in [2.75, 3.05) is 0 Å². The second-order valence-corrected chi connectivity index (χ2v) is 3.54. The monoisotopic (exact) mass is 229 g/mol. The van der Waals surface area contributed by atoms with Gasteiger partial charge in [0.1, 0.15) is 17.4 Å². The normalized spacial score (nSPS) is 9.94. The third-order valence-electron chi connectivity index (χ3n) is 2.34. The van der Waals surface area contributed by atoms with Crippen LogP contribution in [-0.4, -0.2) is 9.97 Å². The first-order valence-electron chi connectivity index (χ1n) is 4.88. The molecule has 2 rings (SSSR count). The molecule has 0 saturated carbocycles. The average Bonchev–Trinajstić information content (AvgIpc) is 2.33. The fourth-order valence-corrected chi connectivity index (χ4v) is 1.51. The molecule has 2 heterocycles. The van der Waals surface area contributed by atoms with E-state index in [0.29, 0.717) is 17.0 Å². The van der Waals surface area contributed by atoms with E-state index in [4.69, 9.17) is 5.26 Å². The van der Waals surface area contributed by atoms with Gasteiger partial charge in [0.2, 0.25) is 0 Å². The van der Waals surface area contributed by atoms with Gasteiger partial charge in [-0.25, -0.2) is 4.39 Å². The summed E-state index contributed by atoms with van der Waals surface area (Å²) in [5, 5.41) is 8.71. The first kappa shape index (κ1) is 11.0. The molecule has 2 aromatic rings. The summed E-state index contributed by atoms with van der Waals surface area (Å²) in [4.78, 5) is 17.9. The molecule has 84 valence electrons. The minimum Gasteiger partial charge on any atom is -0.319 e. The van der Waals surface area contributed by atoms with E-state index in [9.17, 15) is 9.18 Å². The molecular formula is C12H8FN3O. The van der Waals surface area contributed by atoms with Gasteiger partial charge in [0.05, 0.1) is 17.6 Å². The highest BCUT2D eigenvalue weighted by atomic mass is 19.1. The van der Waals surface area contributed by atoms with Crippen molar-refractivity contribution >= 4 is 0 Å². The van der Waals surface area contributed by atoms with Crippen LogP contribution in [0.2, 0.25) is 0 Å². The number of hydrogen-bond donors (Lipinski definition) is 1. The maximum Gasteiger partial charge on any atom is 0.266 e. The number of H-pyrrole nitrogens is 1. The topological polar surface area (TPSA) is 69.5 Å². The standard InChI is InChI=1S/C12H8FN3O/c1-7-4-8(5-14)12(17)16-11(7)10-3-2-9(13)6-15-10/h2-4,6H,1H3,(H,16,17). The predicted molar refractivity (Wildman–Crippen MR) is 59.7 cm³/mol. The summed E-state index contributed by atoms with van der Waals surface area (Å²) in [6, 6.07) is 6.02. The van der Waals surface area contributed by atoms with Gasteiger partial charge in [-0.2, -0.15) is 5.26 Å². The van der Waals surface area contributed by atoms with Crippen molar-refractivity contribution in [2.24, 2.45) is 0 Å². The molecule has 0 bridgehead atoms. The Morgan fingerprint density at radius 1 is 1.47 bits per heavy atom. The number of aromatic amines is 1. The number of halogens is 1. The second kappa shape index (κ2) is 4.18. The van der Waals surface area contributed by atoms with E-state index in [-0.39, 0.29) is 5.56 Å². The van der Waals surface area contributed by atoms with E-state index in [0.717, 1.165) is 6.20 Å². The maximum absolute atomic E-state index is 12.7. The number of nitrogens with zero attached hydrogens (tertiary/aromatic N) is 2. The van der Waals surface area contributed by atoms with Crippen molar-refractivity contribution in [3.05, 3.63) is 51.7 Å². The number of rotatable bonds is 1. The molecule has 17 heavy (non-hydrogen) atoms. The average molecular weight is 229 g/mol. The van der Waals surface area contributed by atoms with Gasteiger partial charge in [-0.05, 0) is 30.7 Å². The van der Waals surface area contributed by atoms with Crippen LogP contribution in [0.25, 0.3) is 11.4 Å². The number of pyridine rings is 2. The Labute approximate surface area is 96.4 Å². The molecule has 2 aromatic heterocycles. The van der Waals surface area contributed by atoms with Gasteiger partial charge in [-0.1, -0.05) is 0 Å². The van der Waals surface area contributed by atoms with Crippen LogP contribution in [0.1, 0.15) is 11.1 Å². The van der Waals surface area contributed by atoms with E-state index >= 15 is 0 Å². The third kappa shape index (κ3) is 2.06. The third-order valence-corrected chi connectivity index (χ3v) is 2.34. The summed E-state index contributed by atoms with van der Waals surface area (Å²) in [5.74, 6) is -0.442. The molecule has 5 heteroatoms. The maximum atomic E-state index is 12.7. The van der Waals surface area contributed by atoms with Gasteiger partial charge in [0.15, 0.2) is 0 Å². The van der Waals surface area contributed by atoms with E-state index in [2.05, 4.69) is 9.97 Å². The van der Waals surface area contributed by atoms with Gasteiger partial charge >= 0.3 is 0 Å². The Balaban J connectivity index is 2.61. The van der Waals surface area contributed by atoms with Crippen LogP contribution in [0.3, 0.4) is 0 Å². The van der Waals surface area contributed by atoms with Crippen molar-refractivity contribution in [3.8, 4) is 17.5 Å². The zero-order chi connectivity index (χ0) is 12.4. The molecule has 0 radical (unpaired) electrons. The van der Waals surface area contributed by atoms with Crippen LogP contribution >= 0.6 is 0 Å². The summed E-state index contributed by atoms with van der Waals surface area (Å²) in [6.45, 7) is 1.75. The fraction of sp³-hybridized carbons (Fsp3) is 0.0833. The SMILES string of the molecule is Cc1cc(C#N)c(=O)[nH]c1-c1ccc(F)cn1. The number of aryl methyl sites for hydroxylation is 1. The predicted octanol–water partition coefficient (Wildman–Crippen LogP) is 1.76. The Morgan fingerprint density at radius 3 is 2.82 bits per heavy atom. The molecule has 0 fully saturated rings. The Hall–Kier alpha value is -2.48. The number of hydrogen-bond acceptors (Lipinski definition) is 3. The molecule has 0 amide bonds. The zero-order valence-electron chi connectivity index (χ0n) is 8.99. The lowest BCUT2D eigenvalue weighted by atomic mass is 10.1. The number of aromatic nitrogens is 2. The van der Waals surface area contributed by atoms with E-state index in [1.165, 1.54) is 18.2 Å². The Kier molecular flexibility index (Phi) is 2.71. The van der Waals surface area contributed by atoms with Gasteiger partial charge in [-0.3, -0.25) is 9.78 Å². The molecule has 0 spiro atoms. The summed E-state index contributed by atoms with van der Waals surface area (Å²) < 4.78 is 12.7. The molecule has 0 aromatic carbocycles. The lowest BCUT2D eigenvalue weighted by molar-refractivity contribution is 0.622. The molecule has 0 aliphatic heterocycles. The number of nitriles is 1. The number of nitrogens with one attached hydrogen (secondary N) is 1. The summed E-state index contributed by atoms with van der Waals surface area (Å²) >= 11 is 0. The van der Waals surface area contributed by atoms with Crippen molar-refractivity contribution in [1.82, 2.24) is 9.97 Å². The van der Waals surface area contributed by atoms with Crippen molar-refractivity contribution < 1.29 is 4.39 Å². The van der Waals surface area contributed by atoms with Crippen LogP contribution in [0.5, 0.6) is 0 Å². The molecule has 0 aliphatic rings. The van der Waals surface area contributed by atoms with Crippen LogP contribution in [0.4, 0.5) is 4.39 Å². The van der Waals surface area contributed by atoms with Crippen molar-refractivity contribution in [3.63, 3.8) is 0 Å². The van der Waals surface area contributed by atoms with Crippen LogP contribution < -0.4 is 5.56 Å². The summed E-state index contributed by atoms with van der Waals surface area (Å²) in [7, 11) is 0. The van der Waals surface area contributed by atoms with Crippen molar-refractivity contribution in [2.45, 2.75) is 6.92 Å². The van der Waals surface area contributed by atoms with E-state index < -0.39 is 11.4 Å². The lowest BCUT2D eigenvalue weighted by Crippen LogP contribution is -2.12. The van der Waals surface area contributed by atoms with Gasteiger partial charge in [0.25, 0.3) is 5.56 Å². The van der Waals surface area contributed by atoms with E-state index in [1.54, 1.807) is 13.0 Å². The molecule has 0 atom stereocenters. The summed E-state index contributed by atoms with van der Waals surface area (Å²) in [6.07, 6.45) is 1.07. The minimum absolute atomic E-state index is 0.0494. The quantitative estimate of drug-likeness (QED) is 0.809. The minimum atomic E-state index is -0.473. The summed E-state index contributed by atoms with van der Waals surface area (Å²) in [5.41, 5.74) is 1.24. The van der Waals surface area contributed by atoms with Crippen LogP contribution in [0.15, 0.2) is 29.2 Å². The Bertz CT molecular complexity index is 653. The van der Waals surface area contributed by atoms with Gasteiger partial charge in [-0.15, -0.1) is 0 Å². The molecular weight excluding hydrogens is 221 g/mol. The highest BCUT2D eigenvalue weighted by molar-refractivity contribution is 5.59. The second-order valence-electron chi connectivity index (χ2n) is 3.54. The lowest BCUT2D eigenvalue weighted by Gasteiger charge is -2.04. The highest BCUT2D eigenvalue weighted by Gasteiger charge is 2.08. The Morgan fingerprint density at radius 2 is 2.24 bits per heavy atom. The van der Waals surface area contributed by atoms with E-state index in [1.807, 2.05) is 0 Å². The molecule has 0 saturated heterocycles. The van der Waals surface area contributed by atoms with Gasteiger partial charge in [0, 0.05) is 0 Å². The van der Waals surface area contributed by atoms with Crippen LogP contribution in [0, 0.1) is 24.1 Å². The fourth-order valence-electron chi connectivity index (χ4n) is 1.51. The smallest absolute Gasteiger partial charge is 0.266 e. The molecule has 1 N–H and O–H groups in total.